The molecule has 0 radical (unpaired) electrons. The molecule has 0 N–H and O–H groups in total. The van der Waals surface area contributed by atoms with Gasteiger partial charge in [-0.1, -0.05) is 30.2 Å². The van der Waals surface area contributed by atoms with Crippen molar-refractivity contribution < 1.29 is 0 Å². The summed E-state index contributed by atoms with van der Waals surface area (Å²) in [4.78, 5) is 2.39. The predicted octanol–water partition coefficient (Wildman–Crippen LogP) is 2.63. The monoisotopic (exact) mass is 199 g/mol. The minimum absolute atomic E-state index is 0.445. The molecule has 1 heterocycles. The van der Waals surface area contributed by atoms with Crippen LogP contribution in [0.1, 0.15) is 31.0 Å². The van der Waals surface area contributed by atoms with E-state index in [1.807, 2.05) is 0 Å². The lowest BCUT2D eigenvalue weighted by Crippen LogP contribution is -2.41. The summed E-state index contributed by atoms with van der Waals surface area (Å²) >= 11 is 0. The van der Waals surface area contributed by atoms with Gasteiger partial charge in [-0.3, -0.25) is 4.90 Å². The van der Waals surface area contributed by atoms with Gasteiger partial charge in [-0.05, 0) is 31.4 Å². The SMILES string of the molecule is C#CCN1C(C)Cc2ccccc2C1C. The Morgan fingerprint density at radius 3 is 2.87 bits per heavy atom. The molecule has 1 aromatic rings. The Kier molecular flexibility index (Phi) is 2.79. The number of nitrogens with zero attached hydrogens (tertiary/aromatic N) is 1. The molecular formula is C14H17N. The van der Waals surface area contributed by atoms with Gasteiger partial charge in [0.2, 0.25) is 0 Å². The lowest BCUT2D eigenvalue weighted by molar-refractivity contribution is 0.160. The van der Waals surface area contributed by atoms with Crippen LogP contribution in [0.5, 0.6) is 0 Å². The average Bonchev–Trinajstić information content (AvgIpc) is 2.24. The Morgan fingerprint density at radius 1 is 1.40 bits per heavy atom. The van der Waals surface area contributed by atoms with Crippen molar-refractivity contribution in [2.45, 2.75) is 32.4 Å². The van der Waals surface area contributed by atoms with Crippen molar-refractivity contribution in [1.29, 1.82) is 0 Å². The van der Waals surface area contributed by atoms with Gasteiger partial charge in [0.15, 0.2) is 0 Å². The highest BCUT2D eigenvalue weighted by Crippen LogP contribution is 2.31. The molecule has 0 bridgehead atoms. The van der Waals surface area contributed by atoms with Crippen LogP contribution >= 0.6 is 0 Å². The molecule has 0 aliphatic carbocycles. The number of fused-ring (bicyclic) bond motifs is 1. The van der Waals surface area contributed by atoms with Crippen LogP contribution in [-0.4, -0.2) is 17.5 Å². The summed E-state index contributed by atoms with van der Waals surface area (Å²) in [5, 5.41) is 0. The summed E-state index contributed by atoms with van der Waals surface area (Å²) in [7, 11) is 0. The smallest absolute Gasteiger partial charge is 0.0606 e. The maximum atomic E-state index is 5.41. The van der Waals surface area contributed by atoms with Gasteiger partial charge >= 0.3 is 0 Å². The second-order valence-corrected chi connectivity index (χ2v) is 4.30. The average molecular weight is 199 g/mol. The molecule has 2 atom stereocenters. The fourth-order valence-corrected chi connectivity index (χ4v) is 2.52. The molecule has 15 heavy (non-hydrogen) atoms. The molecule has 1 nitrogen and oxygen atoms in total. The van der Waals surface area contributed by atoms with Crippen LogP contribution in [-0.2, 0) is 6.42 Å². The summed E-state index contributed by atoms with van der Waals surface area (Å²) in [6.07, 6.45) is 6.53. The first-order chi connectivity index (χ1) is 7.24. The molecule has 0 spiro atoms. The van der Waals surface area contributed by atoms with Gasteiger partial charge in [-0.25, -0.2) is 0 Å². The van der Waals surface area contributed by atoms with E-state index in [1.54, 1.807) is 0 Å². The first-order valence-corrected chi connectivity index (χ1v) is 5.51. The normalized spacial score (nSPS) is 25.7. The van der Waals surface area contributed by atoms with Crippen molar-refractivity contribution in [1.82, 2.24) is 4.90 Å². The van der Waals surface area contributed by atoms with Crippen molar-refractivity contribution in [3.8, 4) is 12.3 Å². The van der Waals surface area contributed by atoms with Crippen molar-refractivity contribution in [3.05, 3.63) is 35.4 Å². The second-order valence-electron chi connectivity index (χ2n) is 4.30. The predicted molar refractivity (Wildman–Crippen MR) is 63.6 cm³/mol. The second kappa shape index (κ2) is 4.08. The summed E-state index contributed by atoms with van der Waals surface area (Å²) in [5.41, 5.74) is 2.91. The molecule has 1 aliphatic heterocycles. The molecule has 0 amide bonds. The van der Waals surface area contributed by atoms with Crippen LogP contribution in [0.3, 0.4) is 0 Å². The summed E-state index contributed by atoms with van der Waals surface area (Å²) < 4.78 is 0. The molecule has 2 rings (SSSR count). The summed E-state index contributed by atoms with van der Waals surface area (Å²) in [6.45, 7) is 5.24. The lowest BCUT2D eigenvalue weighted by Gasteiger charge is -2.39. The van der Waals surface area contributed by atoms with Crippen molar-refractivity contribution >= 4 is 0 Å². The number of rotatable bonds is 1. The van der Waals surface area contributed by atoms with E-state index < -0.39 is 0 Å². The first-order valence-electron chi connectivity index (χ1n) is 5.51. The largest absolute Gasteiger partial charge is 0.283 e. The minimum atomic E-state index is 0.445. The number of terminal acetylenes is 1. The van der Waals surface area contributed by atoms with Crippen LogP contribution in [0, 0.1) is 12.3 Å². The lowest BCUT2D eigenvalue weighted by atomic mass is 9.89. The van der Waals surface area contributed by atoms with E-state index in [4.69, 9.17) is 6.42 Å². The van der Waals surface area contributed by atoms with E-state index in [9.17, 15) is 0 Å². The quantitative estimate of drug-likeness (QED) is 0.628. The molecule has 1 aromatic carbocycles. The Bertz CT molecular complexity index is 389. The molecule has 0 saturated heterocycles. The molecule has 0 saturated carbocycles. The third kappa shape index (κ3) is 1.78. The van der Waals surface area contributed by atoms with Gasteiger partial charge in [0, 0.05) is 12.1 Å². The van der Waals surface area contributed by atoms with Gasteiger partial charge < -0.3 is 0 Å². The Balaban J connectivity index is 2.35. The zero-order valence-electron chi connectivity index (χ0n) is 9.40. The first kappa shape index (κ1) is 10.3. The fraction of sp³-hybridized carbons (Fsp3) is 0.429. The number of hydrogen-bond acceptors (Lipinski definition) is 1. The standard InChI is InChI=1S/C14H17N/c1-4-9-15-11(2)10-13-7-5-6-8-14(13)12(15)3/h1,5-8,11-12H,9-10H2,2-3H3. The maximum absolute atomic E-state index is 5.41. The highest BCUT2D eigenvalue weighted by Gasteiger charge is 2.27. The van der Waals surface area contributed by atoms with Gasteiger partial charge in [-0.15, -0.1) is 6.42 Å². The molecule has 78 valence electrons. The molecular weight excluding hydrogens is 182 g/mol. The highest BCUT2D eigenvalue weighted by atomic mass is 15.2. The minimum Gasteiger partial charge on any atom is -0.283 e. The Hall–Kier alpha value is -1.26. The number of hydrogen-bond donors (Lipinski definition) is 0. The summed E-state index contributed by atoms with van der Waals surface area (Å²) in [5.74, 6) is 2.75. The zero-order chi connectivity index (χ0) is 10.8. The van der Waals surface area contributed by atoms with Crippen LogP contribution in [0.15, 0.2) is 24.3 Å². The van der Waals surface area contributed by atoms with E-state index in [1.165, 1.54) is 11.1 Å². The van der Waals surface area contributed by atoms with Crippen molar-refractivity contribution in [3.63, 3.8) is 0 Å². The van der Waals surface area contributed by atoms with E-state index in [0.29, 0.717) is 12.1 Å². The van der Waals surface area contributed by atoms with Crippen LogP contribution < -0.4 is 0 Å². The van der Waals surface area contributed by atoms with Gasteiger partial charge in [-0.2, -0.15) is 0 Å². The van der Waals surface area contributed by atoms with Gasteiger partial charge in [0.25, 0.3) is 0 Å². The molecule has 1 heteroatoms. The Labute approximate surface area is 92.1 Å². The third-order valence-electron chi connectivity index (χ3n) is 3.36. The van der Waals surface area contributed by atoms with E-state index in [2.05, 4.69) is 48.9 Å². The third-order valence-corrected chi connectivity index (χ3v) is 3.36. The summed E-state index contributed by atoms with van der Waals surface area (Å²) in [6, 6.07) is 9.67. The highest BCUT2D eigenvalue weighted by molar-refractivity contribution is 5.33. The molecule has 1 aliphatic rings. The zero-order valence-corrected chi connectivity index (χ0v) is 9.40. The van der Waals surface area contributed by atoms with Crippen molar-refractivity contribution in [2.75, 3.05) is 6.54 Å². The van der Waals surface area contributed by atoms with Gasteiger partial charge in [0.1, 0.15) is 0 Å². The van der Waals surface area contributed by atoms with E-state index in [0.717, 1.165) is 13.0 Å². The number of benzene rings is 1. The van der Waals surface area contributed by atoms with Crippen LogP contribution in [0.2, 0.25) is 0 Å². The maximum Gasteiger partial charge on any atom is 0.0606 e. The fourth-order valence-electron chi connectivity index (χ4n) is 2.52. The van der Waals surface area contributed by atoms with Crippen molar-refractivity contribution in [2.24, 2.45) is 0 Å². The topological polar surface area (TPSA) is 3.24 Å². The van der Waals surface area contributed by atoms with Crippen LogP contribution in [0.25, 0.3) is 0 Å². The molecule has 0 fully saturated rings. The van der Waals surface area contributed by atoms with E-state index in [-0.39, 0.29) is 0 Å². The molecule has 0 aromatic heterocycles. The van der Waals surface area contributed by atoms with E-state index >= 15 is 0 Å². The van der Waals surface area contributed by atoms with Crippen LogP contribution in [0.4, 0.5) is 0 Å². The van der Waals surface area contributed by atoms with Gasteiger partial charge in [0.05, 0.1) is 6.54 Å². The molecule has 2 unspecified atom stereocenters. The Morgan fingerprint density at radius 2 is 2.13 bits per heavy atom.